The fraction of sp³-hybridized carbons (Fsp3) is 0.455. The lowest BCUT2D eigenvalue weighted by atomic mass is 10.3. The summed E-state index contributed by atoms with van der Waals surface area (Å²) in [5.74, 6) is 0.745. The van der Waals surface area contributed by atoms with Crippen LogP contribution in [0.25, 0.3) is 0 Å². The molecule has 1 rings (SSSR count). The van der Waals surface area contributed by atoms with Gasteiger partial charge >= 0.3 is 0 Å². The number of rotatable bonds is 6. The van der Waals surface area contributed by atoms with Crippen molar-refractivity contribution < 1.29 is 13.2 Å². The summed E-state index contributed by atoms with van der Waals surface area (Å²) >= 11 is 0. The number of anilines is 1. The molecule has 0 unspecified atom stereocenters. The van der Waals surface area contributed by atoms with Crippen LogP contribution in [0.3, 0.4) is 0 Å². The topological polar surface area (TPSA) is 72.6 Å². The summed E-state index contributed by atoms with van der Waals surface area (Å²) in [5, 5.41) is 0. The molecule has 2 N–H and O–H groups in total. The summed E-state index contributed by atoms with van der Waals surface area (Å²) in [6.07, 6.45) is 0. The van der Waals surface area contributed by atoms with Crippen LogP contribution in [0.2, 0.25) is 0 Å². The van der Waals surface area contributed by atoms with E-state index in [1.165, 1.54) is 4.31 Å². The summed E-state index contributed by atoms with van der Waals surface area (Å²) in [7, 11) is -1.72. The summed E-state index contributed by atoms with van der Waals surface area (Å²) < 4.78 is 30.1. The van der Waals surface area contributed by atoms with E-state index in [-0.39, 0.29) is 18.8 Å². The van der Waals surface area contributed by atoms with Crippen molar-refractivity contribution in [3.63, 3.8) is 0 Å². The lowest BCUT2D eigenvalue weighted by Gasteiger charge is -2.23. The summed E-state index contributed by atoms with van der Waals surface area (Å²) in [4.78, 5) is 0. The van der Waals surface area contributed by atoms with E-state index in [1.54, 1.807) is 38.3 Å². The molecule has 0 heterocycles. The molecule has 6 heteroatoms. The smallest absolute Gasteiger partial charge is 0.234 e. The molecule has 0 saturated heterocycles. The van der Waals surface area contributed by atoms with Gasteiger partial charge in [-0.3, -0.25) is 4.31 Å². The van der Waals surface area contributed by atoms with Crippen molar-refractivity contribution in [2.24, 2.45) is 5.73 Å². The van der Waals surface area contributed by atoms with E-state index in [0.29, 0.717) is 11.4 Å². The quantitative estimate of drug-likeness (QED) is 0.819. The minimum atomic E-state index is -3.28. The van der Waals surface area contributed by atoms with Crippen LogP contribution in [-0.2, 0) is 10.0 Å². The number of ether oxygens (including phenoxy) is 1. The summed E-state index contributed by atoms with van der Waals surface area (Å²) in [5.41, 5.74) is 6.05. The average Bonchev–Trinajstić information content (AvgIpc) is 2.36. The molecule has 17 heavy (non-hydrogen) atoms. The minimum Gasteiger partial charge on any atom is -0.497 e. The standard InChI is InChI=1S/C11H18N2O3S/c1-3-17(14,15)13(9-8-12)10-4-6-11(16-2)7-5-10/h4-7H,3,8-9,12H2,1-2H3. The van der Waals surface area contributed by atoms with Crippen LogP contribution in [0.5, 0.6) is 5.75 Å². The normalized spacial score (nSPS) is 11.2. The van der Waals surface area contributed by atoms with Gasteiger partial charge in [0.25, 0.3) is 0 Å². The Labute approximate surface area is 102 Å². The molecule has 1 aromatic rings. The molecule has 1 aromatic carbocycles. The molecule has 0 atom stereocenters. The van der Waals surface area contributed by atoms with Crippen LogP contribution in [-0.4, -0.2) is 34.4 Å². The Morgan fingerprint density at radius 1 is 1.29 bits per heavy atom. The number of benzene rings is 1. The zero-order valence-electron chi connectivity index (χ0n) is 10.1. The van der Waals surface area contributed by atoms with E-state index in [9.17, 15) is 8.42 Å². The molecule has 0 spiro atoms. The van der Waals surface area contributed by atoms with Crippen LogP contribution < -0.4 is 14.8 Å². The molecular formula is C11H18N2O3S. The van der Waals surface area contributed by atoms with Gasteiger partial charge in [-0.2, -0.15) is 0 Å². The van der Waals surface area contributed by atoms with Crippen molar-refractivity contribution in [1.29, 1.82) is 0 Å². The van der Waals surface area contributed by atoms with Gasteiger partial charge in [-0.05, 0) is 31.2 Å². The van der Waals surface area contributed by atoms with Crippen molar-refractivity contribution in [2.75, 3.05) is 30.3 Å². The Hall–Kier alpha value is -1.27. The third-order valence-electron chi connectivity index (χ3n) is 2.39. The SMILES string of the molecule is CCS(=O)(=O)N(CCN)c1ccc(OC)cc1. The second-order valence-corrected chi connectivity index (χ2v) is 5.64. The maximum Gasteiger partial charge on any atom is 0.234 e. The van der Waals surface area contributed by atoms with Crippen LogP contribution in [0.1, 0.15) is 6.92 Å². The van der Waals surface area contributed by atoms with Crippen molar-refractivity contribution in [3.8, 4) is 5.75 Å². The van der Waals surface area contributed by atoms with Crippen LogP contribution >= 0.6 is 0 Å². The van der Waals surface area contributed by atoms with Crippen molar-refractivity contribution >= 4 is 15.7 Å². The van der Waals surface area contributed by atoms with Gasteiger partial charge in [-0.1, -0.05) is 0 Å². The molecule has 0 bridgehead atoms. The summed E-state index contributed by atoms with van der Waals surface area (Å²) in [6.45, 7) is 2.18. The van der Waals surface area contributed by atoms with E-state index in [4.69, 9.17) is 10.5 Å². The lowest BCUT2D eigenvalue weighted by molar-refractivity contribution is 0.415. The first-order valence-electron chi connectivity index (χ1n) is 5.39. The van der Waals surface area contributed by atoms with Gasteiger partial charge in [0.1, 0.15) is 5.75 Å². The Bertz CT molecular complexity index is 442. The number of nitrogens with zero attached hydrogens (tertiary/aromatic N) is 1. The third-order valence-corrected chi connectivity index (χ3v) is 4.19. The van der Waals surface area contributed by atoms with E-state index in [0.717, 1.165) is 0 Å². The van der Waals surface area contributed by atoms with Crippen molar-refractivity contribution in [1.82, 2.24) is 0 Å². The maximum absolute atomic E-state index is 11.9. The van der Waals surface area contributed by atoms with E-state index >= 15 is 0 Å². The number of methoxy groups -OCH3 is 1. The van der Waals surface area contributed by atoms with E-state index in [2.05, 4.69) is 0 Å². The molecule has 0 amide bonds. The highest BCUT2D eigenvalue weighted by molar-refractivity contribution is 7.92. The van der Waals surface area contributed by atoms with Crippen molar-refractivity contribution in [3.05, 3.63) is 24.3 Å². The fourth-order valence-corrected chi connectivity index (χ4v) is 2.59. The predicted octanol–water partition coefficient (Wildman–Crippen LogP) is 0.810. The highest BCUT2D eigenvalue weighted by atomic mass is 32.2. The molecule has 96 valence electrons. The van der Waals surface area contributed by atoms with E-state index in [1.807, 2.05) is 0 Å². The molecule has 0 radical (unpaired) electrons. The van der Waals surface area contributed by atoms with Crippen molar-refractivity contribution in [2.45, 2.75) is 6.92 Å². The molecule has 5 nitrogen and oxygen atoms in total. The lowest BCUT2D eigenvalue weighted by Crippen LogP contribution is -2.36. The largest absolute Gasteiger partial charge is 0.497 e. The number of nitrogens with two attached hydrogens (primary N) is 1. The molecule has 0 aromatic heterocycles. The number of hydrogen-bond donors (Lipinski definition) is 1. The number of sulfonamides is 1. The molecule has 0 aliphatic rings. The van der Waals surface area contributed by atoms with Gasteiger partial charge < -0.3 is 10.5 Å². The minimum absolute atomic E-state index is 0.0546. The highest BCUT2D eigenvalue weighted by Gasteiger charge is 2.19. The first-order chi connectivity index (χ1) is 8.05. The van der Waals surface area contributed by atoms with Gasteiger partial charge in [0.15, 0.2) is 0 Å². The third kappa shape index (κ3) is 3.34. The Morgan fingerprint density at radius 3 is 2.29 bits per heavy atom. The van der Waals surface area contributed by atoms with Crippen LogP contribution in [0.15, 0.2) is 24.3 Å². The monoisotopic (exact) mass is 258 g/mol. The van der Waals surface area contributed by atoms with Gasteiger partial charge in [-0.15, -0.1) is 0 Å². The zero-order valence-corrected chi connectivity index (χ0v) is 10.9. The van der Waals surface area contributed by atoms with Gasteiger partial charge in [-0.25, -0.2) is 8.42 Å². The van der Waals surface area contributed by atoms with Gasteiger partial charge in [0.2, 0.25) is 10.0 Å². The van der Waals surface area contributed by atoms with Crippen LogP contribution in [0.4, 0.5) is 5.69 Å². The Balaban J connectivity index is 3.05. The number of hydrogen-bond acceptors (Lipinski definition) is 4. The second kappa shape index (κ2) is 5.88. The zero-order chi connectivity index (χ0) is 12.9. The first kappa shape index (κ1) is 13.8. The maximum atomic E-state index is 11.9. The predicted molar refractivity (Wildman–Crippen MR) is 68.9 cm³/mol. The highest BCUT2D eigenvalue weighted by Crippen LogP contribution is 2.21. The Morgan fingerprint density at radius 2 is 1.88 bits per heavy atom. The van der Waals surface area contributed by atoms with E-state index < -0.39 is 10.0 Å². The summed E-state index contributed by atoms with van der Waals surface area (Å²) in [6, 6.07) is 6.87. The first-order valence-corrected chi connectivity index (χ1v) is 7.00. The molecular weight excluding hydrogens is 240 g/mol. The molecule has 0 fully saturated rings. The van der Waals surface area contributed by atoms with Gasteiger partial charge in [0, 0.05) is 13.1 Å². The van der Waals surface area contributed by atoms with Gasteiger partial charge in [0.05, 0.1) is 18.6 Å². The molecule has 0 saturated carbocycles. The Kier molecular flexibility index (Phi) is 4.77. The fourth-order valence-electron chi connectivity index (χ4n) is 1.45. The molecule has 0 aliphatic heterocycles. The van der Waals surface area contributed by atoms with Crippen LogP contribution in [0, 0.1) is 0 Å². The molecule has 0 aliphatic carbocycles. The average molecular weight is 258 g/mol. The second-order valence-electron chi connectivity index (χ2n) is 3.46.